The van der Waals surface area contributed by atoms with Crippen LogP contribution in [0.1, 0.15) is 20.8 Å². The molecule has 0 aromatic heterocycles. The second-order valence-electron chi connectivity index (χ2n) is 2.92. The number of nitrogens with zero attached hydrogens (tertiary/aromatic N) is 1. The summed E-state index contributed by atoms with van der Waals surface area (Å²) in [5.74, 6) is 0.693. The lowest BCUT2D eigenvalue weighted by Crippen LogP contribution is -2.37. The number of hydrogen-bond acceptors (Lipinski definition) is 2. The summed E-state index contributed by atoms with van der Waals surface area (Å²) < 4.78 is 0. The predicted octanol–water partition coefficient (Wildman–Crippen LogP) is 0.879. The molecule has 2 heteroatoms. The van der Waals surface area contributed by atoms with E-state index in [1.807, 2.05) is 7.05 Å². The molecule has 0 aliphatic carbocycles. The summed E-state index contributed by atoms with van der Waals surface area (Å²) in [5.41, 5.74) is 5.44. The summed E-state index contributed by atoms with van der Waals surface area (Å²) in [7, 11) is 2.05. The fraction of sp³-hybridized carbons (Fsp3) is 1.00. The third-order valence-electron chi connectivity index (χ3n) is 1.95. The molecule has 0 spiro atoms. The molecule has 0 saturated carbocycles. The Bertz CT molecular complexity index is 71.3. The Morgan fingerprint density at radius 2 is 1.78 bits per heavy atom. The van der Waals surface area contributed by atoms with Crippen molar-refractivity contribution in [1.82, 2.24) is 4.90 Å². The van der Waals surface area contributed by atoms with E-state index in [1.54, 1.807) is 0 Å². The third-order valence-corrected chi connectivity index (χ3v) is 1.95. The Kier molecular flexibility index (Phi) is 3.82. The van der Waals surface area contributed by atoms with Crippen molar-refractivity contribution in [3.63, 3.8) is 0 Å². The van der Waals surface area contributed by atoms with Gasteiger partial charge < -0.3 is 5.73 Å². The molecule has 2 N–H and O–H groups in total. The first kappa shape index (κ1) is 8.92. The highest BCUT2D eigenvalue weighted by Gasteiger charge is 2.09. The Hall–Kier alpha value is -0.0800. The van der Waals surface area contributed by atoms with Gasteiger partial charge in [-0.1, -0.05) is 13.8 Å². The summed E-state index contributed by atoms with van der Waals surface area (Å²) in [6.45, 7) is 7.25. The monoisotopic (exact) mass is 130 g/mol. The van der Waals surface area contributed by atoms with Crippen LogP contribution in [0, 0.1) is 5.92 Å². The molecule has 1 unspecified atom stereocenters. The summed E-state index contributed by atoms with van der Waals surface area (Å²) in [4.78, 5) is 2.14. The molecule has 2 nitrogen and oxygen atoms in total. The van der Waals surface area contributed by atoms with Crippen molar-refractivity contribution in [1.29, 1.82) is 0 Å². The highest BCUT2D eigenvalue weighted by atomic mass is 15.2. The van der Waals surface area contributed by atoms with Gasteiger partial charge in [-0.25, -0.2) is 0 Å². The number of hydrogen-bond donors (Lipinski definition) is 1. The van der Waals surface area contributed by atoms with E-state index < -0.39 is 0 Å². The topological polar surface area (TPSA) is 29.3 Å². The Labute approximate surface area is 58.0 Å². The maximum absolute atomic E-state index is 5.44. The summed E-state index contributed by atoms with van der Waals surface area (Å²) >= 11 is 0. The second kappa shape index (κ2) is 3.85. The predicted molar refractivity (Wildman–Crippen MR) is 41.1 cm³/mol. The van der Waals surface area contributed by atoms with Crippen molar-refractivity contribution in [2.75, 3.05) is 13.7 Å². The minimum atomic E-state index is 0.593. The van der Waals surface area contributed by atoms with Crippen molar-refractivity contribution in [2.45, 2.75) is 26.8 Å². The SMILES string of the molecule is CC(C)C(C)N(C)CN. The van der Waals surface area contributed by atoms with Crippen LogP contribution >= 0.6 is 0 Å². The Morgan fingerprint density at radius 1 is 1.33 bits per heavy atom. The molecular formula is C7H18N2. The first-order valence-corrected chi connectivity index (χ1v) is 3.50. The van der Waals surface area contributed by atoms with Crippen molar-refractivity contribution in [3.8, 4) is 0 Å². The van der Waals surface area contributed by atoms with E-state index >= 15 is 0 Å². The molecule has 0 bridgehead atoms. The van der Waals surface area contributed by atoms with Gasteiger partial charge in [0, 0.05) is 12.7 Å². The average molecular weight is 130 g/mol. The van der Waals surface area contributed by atoms with Crippen LogP contribution in [0.3, 0.4) is 0 Å². The van der Waals surface area contributed by atoms with Crippen molar-refractivity contribution < 1.29 is 0 Å². The normalized spacial score (nSPS) is 15.0. The quantitative estimate of drug-likeness (QED) is 0.575. The molecule has 56 valence electrons. The first-order valence-electron chi connectivity index (χ1n) is 3.50. The zero-order chi connectivity index (χ0) is 7.44. The van der Waals surface area contributed by atoms with Crippen LogP contribution in [0.4, 0.5) is 0 Å². The van der Waals surface area contributed by atoms with Gasteiger partial charge in [-0.2, -0.15) is 0 Å². The Balaban J connectivity index is 3.58. The van der Waals surface area contributed by atoms with E-state index in [1.165, 1.54) is 0 Å². The minimum absolute atomic E-state index is 0.593. The minimum Gasteiger partial charge on any atom is -0.318 e. The van der Waals surface area contributed by atoms with Crippen molar-refractivity contribution >= 4 is 0 Å². The van der Waals surface area contributed by atoms with Crippen molar-refractivity contribution in [3.05, 3.63) is 0 Å². The van der Waals surface area contributed by atoms with Gasteiger partial charge in [0.1, 0.15) is 0 Å². The van der Waals surface area contributed by atoms with Gasteiger partial charge in [-0.05, 0) is 19.9 Å². The highest BCUT2D eigenvalue weighted by Crippen LogP contribution is 2.05. The maximum atomic E-state index is 5.44. The molecule has 0 aliphatic rings. The van der Waals surface area contributed by atoms with Gasteiger partial charge in [-0.15, -0.1) is 0 Å². The van der Waals surface area contributed by atoms with E-state index in [0.29, 0.717) is 18.6 Å². The number of rotatable bonds is 3. The molecule has 0 aromatic carbocycles. The molecule has 0 aliphatic heterocycles. The second-order valence-corrected chi connectivity index (χ2v) is 2.92. The maximum Gasteiger partial charge on any atom is 0.0455 e. The summed E-state index contributed by atoms with van der Waals surface area (Å²) in [6.07, 6.45) is 0. The van der Waals surface area contributed by atoms with Gasteiger partial charge in [0.15, 0.2) is 0 Å². The van der Waals surface area contributed by atoms with E-state index in [4.69, 9.17) is 5.73 Å². The van der Waals surface area contributed by atoms with Crippen LogP contribution in [0.5, 0.6) is 0 Å². The lowest BCUT2D eigenvalue weighted by Gasteiger charge is -2.25. The summed E-state index contributed by atoms with van der Waals surface area (Å²) in [6, 6.07) is 0.593. The molecule has 0 rings (SSSR count). The lowest BCUT2D eigenvalue weighted by molar-refractivity contribution is 0.213. The molecule has 0 saturated heterocycles. The van der Waals surface area contributed by atoms with Crippen molar-refractivity contribution in [2.24, 2.45) is 11.7 Å². The first-order chi connectivity index (χ1) is 4.09. The van der Waals surface area contributed by atoms with E-state index in [2.05, 4.69) is 25.7 Å². The van der Waals surface area contributed by atoms with Gasteiger partial charge in [0.2, 0.25) is 0 Å². The zero-order valence-electron chi connectivity index (χ0n) is 6.89. The van der Waals surface area contributed by atoms with Crippen LogP contribution in [-0.2, 0) is 0 Å². The third kappa shape index (κ3) is 2.82. The van der Waals surface area contributed by atoms with Crippen LogP contribution in [0.2, 0.25) is 0 Å². The molecule has 9 heavy (non-hydrogen) atoms. The molecular weight excluding hydrogens is 112 g/mol. The highest BCUT2D eigenvalue weighted by molar-refractivity contribution is 4.64. The van der Waals surface area contributed by atoms with Gasteiger partial charge >= 0.3 is 0 Å². The number of nitrogens with two attached hydrogens (primary N) is 1. The fourth-order valence-corrected chi connectivity index (χ4v) is 0.675. The molecule has 1 atom stereocenters. The Morgan fingerprint density at radius 3 is 1.89 bits per heavy atom. The molecule has 0 radical (unpaired) electrons. The molecule has 0 fully saturated rings. The van der Waals surface area contributed by atoms with Gasteiger partial charge in [-0.3, -0.25) is 4.90 Å². The van der Waals surface area contributed by atoms with Gasteiger partial charge in [0.25, 0.3) is 0 Å². The van der Waals surface area contributed by atoms with Crippen LogP contribution in [0.15, 0.2) is 0 Å². The largest absolute Gasteiger partial charge is 0.318 e. The van der Waals surface area contributed by atoms with Crippen LogP contribution < -0.4 is 5.73 Å². The van der Waals surface area contributed by atoms with E-state index in [9.17, 15) is 0 Å². The lowest BCUT2D eigenvalue weighted by atomic mass is 10.1. The zero-order valence-corrected chi connectivity index (χ0v) is 6.89. The summed E-state index contributed by atoms with van der Waals surface area (Å²) in [5, 5.41) is 0. The van der Waals surface area contributed by atoms with Gasteiger partial charge in [0.05, 0.1) is 0 Å². The average Bonchev–Trinajstić information content (AvgIpc) is 1.84. The van der Waals surface area contributed by atoms with Crippen LogP contribution in [-0.4, -0.2) is 24.7 Å². The van der Waals surface area contributed by atoms with Crippen LogP contribution in [0.25, 0.3) is 0 Å². The van der Waals surface area contributed by atoms with E-state index in [0.717, 1.165) is 0 Å². The smallest absolute Gasteiger partial charge is 0.0455 e. The van der Waals surface area contributed by atoms with E-state index in [-0.39, 0.29) is 0 Å². The fourth-order valence-electron chi connectivity index (χ4n) is 0.675. The standard InChI is InChI=1S/C7H18N2/c1-6(2)7(3)9(4)5-8/h6-7H,5,8H2,1-4H3. The molecule has 0 heterocycles. The molecule has 0 amide bonds. The molecule has 0 aromatic rings.